The first-order valence-corrected chi connectivity index (χ1v) is 5.53. The molecule has 0 amide bonds. The van der Waals surface area contributed by atoms with Gasteiger partial charge in [0.05, 0.1) is 5.56 Å². The number of alkyl halides is 3. The molecule has 2 unspecified atom stereocenters. The van der Waals surface area contributed by atoms with E-state index in [1.54, 1.807) is 0 Å². The summed E-state index contributed by atoms with van der Waals surface area (Å²) < 4.78 is 37.2. The molecule has 3 N–H and O–H groups in total. The molecule has 2 atom stereocenters. The Morgan fingerprint density at radius 1 is 1.24 bits per heavy atom. The van der Waals surface area contributed by atoms with Crippen LogP contribution in [-0.2, 0) is 6.18 Å². The molecule has 1 aromatic carbocycles. The normalized spacial score (nSPS) is 15.6. The molecule has 0 radical (unpaired) electrons. The third kappa shape index (κ3) is 3.44. The zero-order chi connectivity index (χ0) is 13.1. The van der Waals surface area contributed by atoms with Crippen molar-refractivity contribution in [1.82, 2.24) is 5.43 Å². The van der Waals surface area contributed by atoms with E-state index in [0.717, 1.165) is 24.1 Å². The molecule has 5 heteroatoms. The molecule has 0 spiro atoms. The van der Waals surface area contributed by atoms with Gasteiger partial charge in [-0.05, 0) is 23.6 Å². The lowest BCUT2D eigenvalue weighted by atomic mass is 9.92. The maximum atomic E-state index is 12.4. The molecular formula is C12H17F3N2. The highest BCUT2D eigenvalue weighted by atomic mass is 19.4. The van der Waals surface area contributed by atoms with Gasteiger partial charge in [-0.15, -0.1) is 0 Å². The molecule has 2 nitrogen and oxygen atoms in total. The van der Waals surface area contributed by atoms with Gasteiger partial charge in [0, 0.05) is 6.04 Å². The topological polar surface area (TPSA) is 38.0 Å². The standard InChI is InChI=1S/C12H17F3N2/c1-3-8(2)11(17-16)9-4-6-10(7-5-9)12(13,14)15/h4-8,11,17H,3,16H2,1-2H3. The van der Waals surface area contributed by atoms with Crippen LogP contribution in [0.2, 0.25) is 0 Å². The molecule has 0 bridgehead atoms. The number of halogens is 3. The van der Waals surface area contributed by atoms with Crippen molar-refractivity contribution in [3.63, 3.8) is 0 Å². The van der Waals surface area contributed by atoms with Crippen molar-refractivity contribution in [2.24, 2.45) is 11.8 Å². The number of benzene rings is 1. The molecule has 0 saturated heterocycles. The summed E-state index contributed by atoms with van der Waals surface area (Å²) in [6.07, 6.45) is -3.39. The second-order valence-electron chi connectivity index (χ2n) is 4.15. The lowest BCUT2D eigenvalue weighted by molar-refractivity contribution is -0.137. The highest BCUT2D eigenvalue weighted by Crippen LogP contribution is 2.31. The first kappa shape index (κ1) is 14.0. The van der Waals surface area contributed by atoms with Crippen molar-refractivity contribution in [2.75, 3.05) is 0 Å². The van der Waals surface area contributed by atoms with E-state index in [0.29, 0.717) is 0 Å². The van der Waals surface area contributed by atoms with Gasteiger partial charge in [-0.3, -0.25) is 11.3 Å². The number of nitrogens with two attached hydrogens (primary N) is 1. The van der Waals surface area contributed by atoms with Gasteiger partial charge in [-0.25, -0.2) is 0 Å². The number of hydrogen-bond acceptors (Lipinski definition) is 2. The molecule has 17 heavy (non-hydrogen) atoms. The smallest absolute Gasteiger partial charge is 0.271 e. The van der Waals surface area contributed by atoms with E-state index in [2.05, 4.69) is 5.43 Å². The van der Waals surface area contributed by atoms with Crippen LogP contribution in [0.25, 0.3) is 0 Å². The van der Waals surface area contributed by atoms with Crippen molar-refractivity contribution in [2.45, 2.75) is 32.5 Å². The van der Waals surface area contributed by atoms with E-state index in [1.807, 2.05) is 13.8 Å². The van der Waals surface area contributed by atoms with Crippen LogP contribution in [-0.4, -0.2) is 0 Å². The quantitative estimate of drug-likeness (QED) is 0.632. The Morgan fingerprint density at radius 3 is 2.12 bits per heavy atom. The largest absolute Gasteiger partial charge is 0.416 e. The summed E-state index contributed by atoms with van der Waals surface area (Å²) in [6, 6.07) is 4.99. The van der Waals surface area contributed by atoms with Crippen LogP contribution in [0.3, 0.4) is 0 Å². The second-order valence-corrected chi connectivity index (χ2v) is 4.15. The van der Waals surface area contributed by atoms with E-state index >= 15 is 0 Å². The fourth-order valence-corrected chi connectivity index (χ4v) is 1.70. The van der Waals surface area contributed by atoms with E-state index in [9.17, 15) is 13.2 Å². The Labute approximate surface area is 99.0 Å². The van der Waals surface area contributed by atoms with Gasteiger partial charge in [0.2, 0.25) is 0 Å². The predicted octanol–water partition coefficient (Wildman–Crippen LogP) is 3.26. The average Bonchev–Trinajstić information content (AvgIpc) is 2.29. The van der Waals surface area contributed by atoms with Gasteiger partial charge in [-0.1, -0.05) is 32.4 Å². The summed E-state index contributed by atoms with van der Waals surface area (Å²) in [5.41, 5.74) is 2.78. The van der Waals surface area contributed by atoms with E-state index in [-0.39, 0.29) is 12.0 Å². The summed E-state index contributed by atoms with van der Waals surface area (Å²) in [6.45, 7) is 4.02. The molecule has 0 aliphatic heterocycles. The highest BCUT2D eigenvalue weighted by molar-refractivity contribution is 5.27. The monoisotopic (exact) mass is 246 g/mol. The van der Waals surface area contributed by atoms with Gasteiger partial charge < -0.3 is 0 Å². The number of hydrogen-bond donors (Lipinski definition) is 2. The van der Waals surface area contributed by atoms with Gasteiger partial charge in [0.15, 0.2) is 0 Å². The van der Waals surface area contributed by atoms with E-state index in [1.165, 1.54) is 12.1 Å². The van der Waals surface area contributed by atoms with E-state index < -0.39 is 11.7 Å². The molecule has 0 heterocycles. The minimum Gasteiger partial charge on any atom is -0.271 e. The number of rotatable bonds is 4. The third-order valence-electron chi connectivity index (χ3n) is 2.99. The molecule has 0 aromatic heterocycles. The Hall–Kier alpha value is -1.07. The first-order chi connectivity index (χ1) is 7.90. The van der Waals surface area contributed by atoms with Crippen LogP contribution in [0.1, 0.15) is 37.4 Å². The van der Waals surface area contributed by atoms with Crippen LogP contribution in [0, 0.1) is 5.92 Å². The van der Waals surface area contributed by atoms with Crippen molar-refractivity contribution < 1.29 is 13.2 Å². The Bertz CT molecular complexity index is 346. The average molecular weight is 246 g/mol. The Balaban J connectivity index is 2.93. The summed E-state index contributed by atoms with van der Waals surface area (Å²) >= 11 is 0. The molecule has 96 valence electrons. The van der Waals surface area contributed by atoms with Crippen LogP contribution >= 0.6 is 0 Å². The van der Waals surface area contributed by atoms with Gasteiger partial charge in [0.25, 0.3) is 0 Å². The van der Waals surface area contributed by atoms with E-state index in [4.69, 9.17) is 5.84 Å². The highest BCUT2D eigenvalue weighted by Gasteiger charge is 2.30. The maximum absolute atomic E-state index is 12.4. The van der Waals surface area contributed by atoms with Crippen LogP contribution in [0.5, 0.6) is 0 Å². The molecule has 0 aliphatic carbocycles. The first-order valence-electron chi connectivity index (χ1n) is 5.53. The zero-order valence-corrected chi connectivity index (χ0v) is 9.88. The fourth-order valence-electron chi connectivity index (χ4n) is 1.70. The Kier molecular flexibility index (Phi) is 4.54. The number of hydrazine groups is 1. The van der Waals surface area contributed by atoms with Crippen molar-refractivity contribution in [1.29, 1.82) is 0 Å². The van der Waals surface area contributed by atoms with Gasteiger partial charge in [0.1, 0.15) is 0 Å². The zero-order valence-electron chi connectivity index (χ0n) is 9.88. The van der Waals surface area contributed by atoms with Crippen LogP contribution in [0.15, 0.2) is 24.3 Å². The molecule has 1 aromatic rings. The molecular weight excluding hydrogens is 229 g/mol. The predicted molar refractivity (Wildman–Crippen MR) is 61.0 cm³/mol. The molecule has 0 fully saturated rings. The van der Waals surface area contributed by atoms with Gasteiger partial charge >= 0.3 is 6.18 Å². The summed E-state index contributed by atoms with van der Waals surface area (Å²) in [5, 5.41) is 0. The minimum absolute atomic E-state index is 0.123. The lowest BCUT2D eigenvalue weighted by Gasteiger charge is -2.22. The molecule has 1 rings (SSSR count). The lowest BCUT2D eigenvalue weighted by Crippen LogP contribution is -2.32. The van der Waals surface area contributed by atoms with Crippen molar-refractivity contribution in [3.8, 4) is 0 Å². The summed E-state index contributed by atoms with van der Waals surface area (Å²) in [4.78, 5) is 0. The van der Waals surface area contributed by atoms with Gasteiger partial charge in [-0.2, -0.15) is 13.2 Å². The Morgan fingerprint density at radius 2 is 1.76 bits per heavy atom. The number of nitrogens with one attached hydrogen (secondary N) is 1. The molecule has 0 aliphatic rings. The maximum Gasteiger partial charge on any atom is 0.416 e. The van der Waals surface area contributed by atoms with Crippen molar-refractivity contribution >= 4 is 0 Å². The SMILES string of the molecule is CCC(C)C(NN)c1ccc(C(F)(F)F)cc1. The second kappa shape index (κ2) is 5.51. The summed E-state index contributed by atoms with van der Waals surface area (Å²) in [5.74, 6) is 5.69. The minimum atomic E-state index is -4.29. The molecule has 0 saturated carbocycles. The van der Waals surface area contributed by atoms with Crippen LogP contribution < -0.4 is 11.3 Å². The third-order valence-corrected chi connectivity index (χ3v) is 2.99. The van der Waals surface area contributed by atoms with Crippen molar-refractivity contribution in [3.05, 3.63) is 35.4 Å². The fraction of sp³-hybridized carbons (Fsp3) is 0.500. The summed E-state index contributed by atoms with van der Waals surface area (Å²) in [7, 11) is 0. The van der Waals surface area contributed by atoms with Crippen LogP contribution in [0.4, 0.5) is 13.2 Å².